The number of aliphatic carboxylic acids is 1. The van der Waals surface area contributed by atoms with Crippen LogP contribution in [0.25, 0.3) is 0 Å². The Morgan fingerprint density at radius 2 is 1.58 bits per heavy atom. The van der Waals surface area contributed by atoms with Gasteiger partial charge in [0.05, 0.1) is 19.0 Å². The van der Waals surface area contributed by atoms with Crippen LogP contribution in [0.4, 0.5) is 0 Å². The van der Waals surface area contributed by atoms with Gasteiger partial charge in [0.25, 0.3) is 0 Å². The molecule has 2 atom stereocenters. The molecule has 0 aliphatic heterocycles. The van der Waals surface area contributed by atoms with Crippen molar-refractivity contribution in [2.75, 3.05) is 19.6 Å². The van der Waals surface area contributed by atoms with Gasteiger partial charge in [-0.05, 0) is 19.4 Å². The van der Waals surface area contributed by atoms with E-state index in [-0.39, 0.29) is 0 Å². The fourth-order valence-electron chi connectivity index (χ4n) is 1.88. The number of nitrogens with one attached hydrogen (secondary N) is 3. The van der Waals surface area contributed by atoms with Crippen molar-refractivity contribution in [1.82, 2.24) is 16.0 Å². The van der Waals surface area contributed by atoms with Crippen LogP contribution in [-0.4, -0.2) is 66.4 Å². The zero-order valence-corrected chi connectivity index (χ0v) is 14.3. The molecule has 0 aromatic heterocycles. The lowest BCUT2D eigenvalue weighted by Crippen LogP contribution is -2.52. The largest absolute Gasteiger partial charge is 0.480 e. The molecule has 12 heteroatoms. The third kappa shape index (κ3) is 10.9. The van der Waals surface area contributed by atoms with E-state index in [0.29, 0.717) is 19.4 Å². The number of carboxylic acids is 1. The molecule has 0 aliphatic rings. The van der Waals surface area contributed by atoms with Gasteiger partial charge in [-0.3, -0.25) is 24.0 Å². The zero-order chi connectivity index (χ0) is 20.1. The minimum Gasteiger partial charge on any atom is -0.480 e. The molecule has 0 saturated carbocycles. The number of hydrogen-bond donors (Lipinski definition) is 7. The predicted octanol–water partition coefficient (Wildman–Crippen LogP) is -3.88. The van der Waals surface area contributed by atoms with Crippen molar-refractivity contribution in [3.63, 3.8) is 0 Å². The van der Waals surface area contributed by atoms with Crippen molar-refractivity contribution in [2.24, 2.45) is 17.2 Å². The third-order valence-corrected chi connectivity index (χ3v) is 3.20. The third-order valence-electron chi connectivity index (χ3n) is 3.20. The van der Waals surface area contributed by atoms with Gasteiger partial charge in [0, 0.05) is 0 Å². The smallest absolute Gasteiger partial charge is 0.322 e. The Balaban J connectivity index is 4.46. The van der Waals surface area contributed by atoms with E-state index < -0.39 is 61.2 Å². The molecule has 0 saturated heterocycles. The van der Waals surface area contributed by atoms with E-state index in [1.807, 2.05) is 5.32 Å². The van der Waals surface area contributed by atoms with Crippen LogP contribution < -0.4 is 33.2 Å². The molecule has 0 heterocycles. The van der Waals surface area contributed by atoms with E-state index >= 15 is 0 Å². The molecule has 0 spiro atoms. The topological polar surface area (TPSA) is 220 Å². The van der Waals surface area contributed by atoms with Crippen LogP contribution in [0.15, 0.2) is 0 Å². The summed E-state index contributed by atoms with van der Waals surface area (Å²) in [6.07, 6.45) is 1.28. The number of hydrogen-bond acceptors (Lipinski definition) is 7. The number of rotatable bonds is 13. The summed E-state index contributed by atoms with van der Waals surface area (Å²) in [6.45, 7) is -0.662. The lowest BCUT2D eigenvalue weighted by molar-refractivity contribution is -0.138. The first kappa shape index (κ1) is 23.3. The van der Waals surface area contributed by atoms with Crippen molar-refractivity contribution >= 4 is 29.6 Å². The van der Waals surface area contributed by atoms with Crippen LogP contribution >= 0.6 is 0 Å². The van der Waals surface area contributed by atoms with Crippen molar-refractivity contribution in [3.05, 3.63) is 0 Å². The summed E-state index contributed by atoms with van der Waals surface area (Å²) in [5.41, 5.74) is 16.0. The van der Waals surface area contributed by atoms with Gasteiger partial charge < -0.3 is 38.3 Å². The summed E-state index contributed by atoms with van der Waals surface area (Å²) in [6, 6.07) is -2.15. The van der Waals surface area contributed by atoms with Crippen molar-refractivity contribution in [1.29, 1.82) is 0 Å². The Morgan fingerprint density at radius 3 is 2.12 bits per heavy atom. The minimum atomic E-state index is -1.35. The molecule has 0 fully saturated rings. The van der Waals surface area contributed by atoms with Crippen molar-refractivity contribution in [3.8, 4) is 0 Å². The van der Waals surface area contributed by atoms with Crippen LogP contribution in [0.3, 0.4) is 0 Å². The average Bonchev–Trinajstić information content (AvgIpc) is 2.56. The number of carbonyl (C=O) groups is 5. The fraction of sp³-hybridized carbons (Fsp3) is 0.643. The van der Waals surface area contributed by atoms with Crippen molar-refractivity contribution < 1.29 is 29.1 Å². The molecule has 0 aromatic rings. The Bertz CT molecular complexity index is 526. The number of primary amides is 1. The van der Waals surface area contributed by atoms with E-state index in [2.05, 4.69) is 10.6 Å². The standard InChI is InChI=1S/C14H26N6O6/c15-4-2-1-3-8(16)13(25)18-6-11(22)20-9(5-10(17)21)14(26)19-7-12(23)24/h8-9H,1-7,15-16H2,(H2,17,21)(H,18,25)(H,19,26)(H,20,22)(H,23,24). The molecule has 10 N–H and O–H groups in total. The summed E-state index contributed by atoms with van der Waals surface area (Å²) in [5, 5.41) is 15.1. The predicted molar refractivity (Wildman–Crippen MR) is 90.3 cm³/mol. The van der Waals surface area contributed by atoms with Gasteiger partial charge in [0.15, 0.2) is 0 Å². The minimum absolute atomic E-state index is 0.409. The van der Waals surface area contributed by atoms with Gasteiger partial charge in [-0.2, -0.15) is 0 Å². The number of amides is 4. The average molecular weight is 374 g/mol. The SMILES string of the molecule is NCCCCC(N)C(=O)NCC(=O)NC(CC(N)=O)C(=O)NCC(=O)O. The molecule has 0 aromatic carbocycles. The van der Waals surface area contributed by atoms with E-state index in [1.54, 1.807) is 0 Å². The van der Waals surface area contributed by atoms with Crippen molar-refractivity contribution in [2.45, 2.75) is 37.8 Å². The molecule has 4 amide bonds. The molecule has 0 aliphatic carbocycles. The van der Waals surface area contributed by atoms with Gasteiger partial charge in [-0.15, -0.1) is 0 Å². The molecular formula is C14H26N6O6. The van der Waals surface area contributed by atoms with Gasteiger partial charge in [0.1, 0.15) is 12.6 Å². The number of unbranched alkanes of at least 4 members (excludes halogenated alkanes) is 1. The van der Waals surface area contributed by atoms with Gasteiger partial charge in [-0.25, -0.2) is 0 Å². The maximum absolute atomic E-state index is 11.8. The molecule has 0 radical (unpaired) electrons. The van der Waals surface area contributed by atoms with E-state index in [1.165, 1.54) is 0 Å². The molecule has 2 unspecified atom stereocenters. The highest BCUT2D eigenvalue weighted by Crippen LogP contribution is 1.98. The second-order valence-corrected chi connectivity index (χ2v) is 5.51. The maximum atomic E-state index is 11.8. The Morgan fingerprint density at radius 1 is 0.962 bits per heavy atom. The highest BCUT2D eigenvalue weighted by Gasteiger charge is 2.23. The second kappa shape index (κ2) is 12.6. The fourth-order valence-corrected chi connectivity index (χ4v) is 1.88. The first-order valence-electron chi connectivity index (χ1n) is 7.97. The first-order chi connectivity index (χ1) is 12.2. The number of carboxylic acid groups (broad SMARTS) is 1. The molecule has 26 heavy (non-hydrogen) atoms. The first-order valence-corrected chi connectivity index (χ1v) is 7.97. The Hall–Kier alpha value is -2.73. The van der Waals surface area contributed by atoms with Crippen LogP contribution in [0.2, 0.25) is 0 Å². The van der Waals surface area contributed by atoms with E-state index in [0.717, 1.165) is 6.42 Å². The Labute approximate surface area is 150 Å². The highest BCUT2D eigenvalue weighted by molar-refractivity contribution is 5.94. The summed E-state index contributed by atoms with van der Waals surface area (Å²) >= 11 is 0. The van der Waals surface area contributed by atoms with Gasteiger partial charge >= 0.3 is 5.97 Å². The maximum Gasteiger partial charge on any atom is 0.322 e. The molecule has 0 rings (SSSR count). The quantitative estimate of drug-likeness (QED) is 0.158. The number of carbonyl (C=O) groups excluding carboxylic acids is 4. The van der Waals surface area contributed by atoms with Crippen LogP contribution in [0, 0.1) is 0 Å². The summed E-state index contributed by atoms with van der Waals surface area (Å²) in [7, 11) is 0. The Kier molecular flexibility index (Phi) is 11.3. The van der Waals surface area contributed by atoms with E-state index in [4.69, 9.17) is 22.3 Å². The molecule has 148 valence electrons. The molecule has 12 nitrogen and oxygen atoms in total. The normalized spacial score (nSPS) is 12.5. The lowest BCUT2D eigenvalue weighted by atomic mass is 10.1. The summed E-state index contributed by atoms with van der Waals surface area (Å²) < 4.78 is 0. The van der Waals surface area contributed by atoms with Crippen LogP contribution in [0.1, 0.15) is 25.7 Å². The summed E-state index contributed by atoms with van der Waals surface area (Å²) in [5.74, 6) is -4.35. The second-order valence-electron chi connectivity index (χ2n) is 5.51. The monoisotopic (exact) mass is 374 g/mol. The van der Waals surface area contributed by atoms with Gasteiger partial charge in [0.2, 0.25) is 23.6 Å². The van der Waals surface area contributed by atoms with Crippen LogP contribution in [0.5, 0.6) is 0 Å². The molecular weight excluding hydrogens is 348 g/mol. The zero-order valence-electron chi connectivity index (χ0n) is 14.3. The highest BCUT2D eigenvalue weighted by atomic mass is 16.4. The summed E-state index contributed by atoms with van der Waals surface area (Å²) in [4.78, 5) is 56.8. The van der Waals surface area contributed by atoms with E-state index in [9.17, 15) is 24.0 Å². The number of nitrogens with two attached hydrogens (primary N) is 3. The van der Waals surface area contributed by atoms with Gasteiger partial charge in [-0.1, -0.05) is 6.42 Å². The lowest BCUT2D eigenvalue weighted by Gasteiger charge is -2.17. The van der Waals surface area contributed by atoms with Crippen LogP contribution in [-0.2, 0) is 24.0 Å². The molecule has 0 bridgehead atoms.